The lowest BCUT2D eigenvalue weighted by molar-refractivity contribution is 0.306. The van der Waals surface area contributed by atoms with Gasteiger partial charge in [0.05, 0.1) is 12.2 Å². The fourth-order valence-electron chi connectivity index (χ4n) is 0.914. The average molecular weight is 189 g/mol. The van der Waals surface area contributed by atoms with Gasteiger partial charge in [-0.25, -0.2) is 0 Å². The molecular weight excluding hydrogens is 178 g/mol. The highest BCUT2D eigenvalue weighted by Gasteiger charge is 2.03. The minimum atomic E-state index is 0.336. The van der Waals surface area contributed by atoms with Crippen molar-refractivity contribution in [2.45, 2.75) is 13.3 Å². The van der Waals surface area contributed by atoms with Crippen molar-refractivity contribution in [3.05, 3.63) is 30.1 Å². The smallest absolute Gasteiger partial charge is 0.233 e. The first kappa shape index (κ1) is 10.2. The van der Waals surface area contributed by atoms with Crippen LogP contribution in [-0.2, 0) is 4.74 Å². The SMILES string of the molecule is CCCOC(=NC#N)c1cccnc1. The molecule has 0 aliphatic rings. The summed E-state index contributed by atoms with van der Waals surface area (Å²) in [5.41, 5.74) is 0.725. The molecule has 0 fully saturated rings. The van der Waals surface area contributed by atoms with Gasteiger partial charge in [-0.05, 0) is 18.6 Å². The first-order chi connectivity index (χ1) is 6.88. The molecule has 1 rings (SSSR count). The Morgan fingerprint density at radius 3 is 3.14 bits per heavy atom. The lowest BCUT2D eigenvalue weighted by Gasteiger charge is -2.05. The molecule has 0 radical (unpaired) electrons. The largest absolute Gasteiger partial charge is 0.477 e. The van der Waals surface area contributed by atoms with Crippen molar-refractivity contribution in [2.75, 3.05) is 6.61 Å². The summed E-state index contributed by atoms with van der Waals surface area (Å²) in [5.74, 6) is 0.336. The molecule has 0 aliphatic carbocycles. The maximum absolute atomic E-state index is 8.46. The molecule has 1 aromatic heterocycles. The molecule has 0 spiro atoms. The highest BCUT2D eigenvalue weighted by molar-refractivity contribution is 5.94. The van der Waals surface area contributed by atoms with Gasteiger partial charge in [0.15, 0.2) is 0 Å². The van der Waals surface area contributed by atoms with Gasteiger partial charge < -0.3 is 4.74 Å². The third-order valence-electron chi connectivity index (χ3n) is 1.50. The summed E-state index contributed by atoms with van der Waals surface area (Å²) in [5, 5.41) is 8.46. The molecule has 0 unspecified atom stereocenters. The average Bonchev–Trinajstić information content (AvgIpc) is 2.25. The molecule has 0 aromatic carbocycles. The monoisotopic (exact) mass is 189 g/mol. The summed E-state index contributed by atoms with van der Waals surface area (Å²) in [6.07, 6.45) is 5.87. The molecule has 0 atom stereocenters. The van der Waals surface area contributed by atoms with E-state index in [-0.39, 0.29) is 0 Å². The molecule has 4 nitrogen and oxygen atoms in total. The highest BCUT2D eigenvalue weighted by atomic mass is 16.5. The molecule has 1 aromatic rings. The number of aliphatic imine (C=N–C) groups is 1. The zero-order valence-electron chi connectivity index (χ0n) is 7.97. The number of nitrogens with zero attached hydrogens (tertiary/aromatic N) is 3. The second-order valence-electron chi connectivity index (χ2n) is 2.61. The van der Waals surface area contributed by atoms with Gasteiger partial charge in [0.25, 0.3) is 0 Å². The molecule has 0 saturated heterocycles. The molecule has 1 heterocycles. The topological polar surface area (TPSA) is 58.3 Å². The van der Waals surface area contributed by atoms with Crippen LogP contribution in [0.4, 0.5) is 0 Å². The van der Waals surface area contributed by atoms with E-state index in [0.717, 1.165) is 12.0 Å². The van der Waals surface area contributed by atoms with Crippen LogP contribution in [0.2, 0.25) is 0 Å². The standard InChI is InChI=1S/C10H11N3O/c1-2-6-14-10(13-8-11)9-4-3-5-12-7-9/h3-5,7H,2,6H2,1H3. The summed E-state index contributed by atoms with van der Waals surface area (Å²) in [6.45, 7) is 2.54. The first-order valence-electron chi connectivity index (χ1n) is 4.38. The van der Waals surface area contributed by atoms with Crippen LogP contribution >= 0.6 is 0 Å². The zero-order chi connectivity index (χ0) is 10.2. The normalized spacial score (nSPS) is 10.7. The third-order valence-corrected chi connectivity index (χ3v) is 1.50. The van der Waals surface area contributed by atoms with Gasteiger partial charge in [-0.2, -0.15) is 5.26 Å². The van der Waals surface area contributed by atoms with Crippen LogP contribution < -0.4 is 0 Å². The van der Waals surface area contributed by atoms with Crippen LogP contribution in [-0.4, -0.2) is 17.5 Å². The Morgan fingerprint density at radius 1 is 1.71 bits per heavy atom. The van der Waals surface area contributed by atoms with Crippen molar-refractivity contribution in [1.29, 1.82) is 5.26 Å². The Morgan fingerprint density at radius 2 is 2.57 bits per heavy atom. The van der Waals surface area contributed by atoms with E-state index in [1.54, 1.807) is 30.7 Å². The van der Waals surface area contributed by atoms with Gasteiger partial charge in [-0.15, -0.1) is 4.99 Å². The van der Waals surface area contributed by atoms with Crippen LogP contribution in [0.1, 0.15) is 18.9 Å². The second kappa shape index (κ2) is 5.70. The van der Waals surface area contributed by atoms with Crippen molar-refractivity contribution < 1.29 is 4.74 Å². The zero-order valence-corrected chi connectivity index (χ0v) is 7.97. The van der Waals surface area contributed by atoms with Crippen LogP contribution in [0.5, 0.6) is 0 Å². The fourth-order valence-corrected chi connectivity index (χ4v) is 0.914. The Labute approximate surface area is 82.9 Å². The van der Waals surface area contributed by atoms with E-state index in [2.05, 4.69) is 9.98 Å². The van der Waals surface area contributed by atoms with E-state index in [0.29, 0.717) is 12.5 Å². The molecule has 0 aliphatic heterocycles. The molecule has 0 N–H and O–H groups in total. The maximum Gasteiger partial charge on any atom is 0.233 e. The number of ether oxygens (including phenoxy) is 1. The Bertz CT molecular complexity index is 340. The number of aromatic nitrogens is 1. The van der Waals surface area contributed by atoms with Gasteiger partial charge >= 0.3 is 0 Å². The summed E-state index contributed by atoms with van der Waals surface area (Å²) in [7, 11) is 0. The molecule has 72 valence electrons. The van der Waals surface area contributed by atoms with Crippen LogP contribution in [0.15, 0.2) is 29.5 Å². The lowest BCUT2D eigenvalue weighted by Crippen LogP contribution is -2.07. The third kappa shape index (κ3) is 2.87. The summed E-state index contributed by atoms with van der Waals surface area (Å²) >= 11 is 0. The molecule has 0 saturated carbocycles. The molecular formula is C10H11N3O. The van der Waals surface area contributed by atoms with Gasteiger partial charge in [0, 0.05) is 12.4 Å². The predicted octanol–water partition coefficient (Wildman–Crippen LogP) is 1.74. The highest BCUT2D eigenvalue weighted by Crippen LogP contribution is 2.01. The van der Waals surface area contributed by atoms with E-state index in [9.17, 15) is 0 Å². The first-order valence-corrected chi connectivity index (χ1v) is 4.38. The minimum absolute atomic E-state index is 0.336. The summed E-state index contributed by atoms with van der Waals surface area (Å²) < 4.78 is 5.31. The van der Waals surface area contributed by atoms with Crippen molar-refractivity contribution >= 4 is 5.90 Å². The minimum Gasteiger partial charge on any atom is -0.477 e. The second-order valence-corrected chi connectivity index (χ2v) is 2.61. The van der Waals surface area contributed by atoms with E-state index >= 15 is 0 Å². The number of pyridine rings is 1. The Balaban J connectivity index is 2.80. The van der Waals surface area contributed by atoms with Gasteiger partial charge in [0.1, 0.15) is 0 Å². The van der Waals surface area contributed by atoms with Crippen molar-refractivity contribution in [1.82, 2.24) is 4.98 Å². The number of rotatable bonds is 3. The van der Waals surface area contributed by atoms with Gasteiger partial charge in [0.2, 0.25) is 12.1 Å². The number of hydrogen-bond donors (Lipinski definition) is 0. The van der Waals surface area contributed by atoms with Crippen molar-refractivity contribution in [3.8, 4) is 6.19 Å². The van der Waals surface area contributed by atoms with Gasteiger partial charge in [-0.1, -0.05) is 6.92 Å². The molecule has 0 bridgehead atoms. The predicted molar refractivity (Wildman–Crippen MR) is 52.6 cm³/mol. The van der Waals surface area contributed by atoms with E-state index in [1.807, 2.05) is 6.92 Å². The summed E-state index contributed by atoms with van der Waals surface area (Å²) in [4.78, 5) is 7.52. The fraction of sp³-hybridized carbons (Fsp3) is 0.300. The number of hydrogen-bond acceptors (Lipinski definition) is 4. The van der Waals surface area contributed by atoms with Crippen LogP contribution in [0, 0.1) is 11.5 Å². The van der Waals surface area contributed by atoms with Gasteiger partial charge in [-0.3, -0.25) is 4.98 Å². The summed E-state index contributed by atoms with van der Waals surface area (Å²) in [6, 6.07) is 3.58. The lowest BCUT2D eigenvalue weighted by atomic mass is 10.3. The molecule has 14 heavy (non-hydrogen) atoms. The van der Waals surface area contributed by atoms with E-state index in [1.165, 1.54) is 0 Å². The van der Waals surface area contributed by atoms with Crippen molar-refractivity contribution in [2.24, 2.45) is 4.99 Å². The molecule has 0 amide bonds. The Hall–Kier alpha value is -1.89. The van der Waals surface area contributed by atoms with E-state index < -0.39 is 0 Å². The van der Waals surface area contributed by atoms with E-state index in [4.69, 9.17) is 10.00 Å². The quantitative estimate of drug-likeness (QED) is 0.413. The van der Waals surface area contributed by atoms with Crippen LogP contribution in [0.3, 0.4) is 0 Å². The maximum atomic E-state index is 8.46. The van der Waals surface area contributed by atoms with Crippen molar-refractivity contribution in [3.63, 3.8) is 0 Å². The Kier molecular flexibility index (Phi) is 4.15. The van der Waals surface area contributed by atoms with Crippen LogP contribution in [0.25, 0.3) is 0 Å². The number of nitriles is 1. The molecule has 4 heteroatoms.